The molecule has 0 amide bonds. The molecule has 0 spiro atoms. The van der Waals surface area contributed by atoms with Crippen molar-refractivity contribution in [3.63, 3.8) is 0 Å². The average Bonchev–Trinajstić information content (AvgIpc) is 2.27. The van der Waals surface area contributed by atoms with E-state index in [4.69, 9.17) is 0 Å². The number of nitrogens with zero attached hydrogens (tertiary/aromatic N) is 2. The summed E-state index contributed by atoms with van der Waals surface area (Å²) in [6, 6.07) is 8.61. The van der Waals surface area contributed by atoms with E-state index in [1.165, 1.54) is 22.4 Å². The van der Waals surface area contributed by atoms with E-state index < -0.39 is 0 Å². The monoisotopic (exact) mass is 227 g/mol. The van der Waals surface area contributed by atoms with Gasteiger partial charge >= 0.3 is 5.82 Å². The minimum Gasteiger partial charge on any atom is -0.230 e. The standard InChI is InChI=1S/C15H19N2/c1-10-6-7-11(2)14(8-10)15-16-12(3)9-13(4)17(15)5/h6-9H,1-5H3/q+1. The van der Waals surface area contributed by atoms with Crippen molar-refractivity contribution in [3.05, 3.63) is 46.8 Å². The van der Waals surface area contributed by atoms with Crippen LogP contribution in [0.25, 0.3) is 11.4 Å². The van der Waals surface area contributed by atoms with Crippen LogP contribution >= 0.6 is 0 Å². The summed E-state index contributed by atoms with van der Waals surface area (Å²) in [4.78, 5) is 4.67. The van der Waals surface area contributed by atoms with Gasteiger partial charge in [0, 0.05) is 13.0 Å². The summed E-state index contributed by atoms with van der Waals surface area (Å²) in [6.45, 7) is 8.41. The van der Waals surface area contributed by atoms with Crippen LogP contribution in [0.4, 0.5) is 0 Å². The molecule has 0 aliphatic rings. The first-order chi connectivity index (χ1) is 7.99. The van der Waals surface area contributed by atoms with E-state index in [-0.39, 0.29) is 0 Å². The lowest BCUT2D eigenvalue weighted by molar-refractivity contribution is -0.669. The Bertz CT molecular complexity index is 571. The molecular weight excluding hydrogens is 208 g/mol. The molecule has 2 heteroatoms. The zero-order valence-corrected chi connectivity index (χ0v) is 11.2. The summed E-state index contributed by atoms with van der Waals surface area (Å²) in [5, 5.41) is 0. The van der Waals surface area contributed by atoms with Crippen LogP contribution in [-0.2, 0) is 7.05 Å². The van der Waals surface area contributed by atoms with E-state index in [2.05, 4.69) is 61.6 Å². The maximum absolute atomic E-state index is 4.67. The van der Waals surface area contributed by atoms with Crippen LogP contribution < -0.4 is 4.57 Å². The second kappa shape index (κ2) is 4.28. The van der Waals surface area contributed by atoms with Gasteiger partial charge in [-0.05, 0) is 37.4 Å². The van der Waals surface area contributed by atoms with Crippen LogP contribution in [0.15, 0.2) is 24.3 Å². The van der Waals surface area contributed by atoms with Crippen molar-refractivity contribution in [1.29, 1.82) is 0 Å². The number of aryl methyl sites for hydroxylation is 4. The zero-order valence-electron chi connectivity index (χ0n) is 11.2. The first-order valence-electron chi connectivity index (χ1n) is 5.91. The Morgan fingerprint density at radius 3 is 2.41 bits per heavy atom. The molecule has 2 aromatic rings. The second-order valence-corrected chi connectivity index (χ2v) is 4.74. The normalized spacial score (nSPS) is 10.6. The van der Waals surface area contributed by atoms with Crippen molar-refractivity contribution in [2.24, 2.45) is 7.05 Å². The molecule has 0 radical (unpaired) electrons. The minimum atomic E-state index is 1.05. The number of hydrogen-bond donors (Lipinski definition) is 0. The van der Waals surface area contributed by atoms with Crippen LogP contribution in [0, 0.1) is 27.7 Å². The van der Waals surface area contributed by atoms with Crippen LogP contribution in [-0.4, -0.2) is 4.98 Å². The topological polar surface area (TPSA) is 16.8 Å². The smallest absolute Gasteiger partial charge is 0.230 e. The molecule has 0 bridgehead atoms. The van der Waals surface area contributed by atoms with Gasteiger partial charge in [0.2, 0.25) is 0 Å². The molecule has 1 heterocycles. The summed E-state index contributed by atoms with van der Waals surface area (Å²) in [6.07, 6.45) is 0. The lowest BCUT2D eigenvalue weighted by Gasteiger charge is -2.06. The molecule has 2 nitrogen and oxygen atoms in total. The largest absolute Gasteiger partial charge is 0.330 e. The highest BCUT2D eigenvalue weighted by Gasteiger charge is 2.17. The summed E-state index contributed by atoms with van der Waals surface area (Å²) in [7, 11) is 2.07. The van der Waals surface area contributed by atoms with Gasteiger partial charge in [0.25, 0.3) is 0 Å². The second-order valence-electron chi connectivity index (χ2n) is 4.74. The van der Waals surface area contributed by atoms with Crippen molar-refractivity contribution >= 4 is 0 Å². The van der Waals surface area contributed by atoms with Crippen molar-refractivity contribution in [2.75, 3.05) is 0 Å². The number of rotatable bonds is 1. The van der Waals surface area contributed by atoms with Gasteiger partial charge in [-0.2, -0.15) is 0 Å². The van der Waals surface area contributed by atoms with Crippen LogP contribution in [0.3, 0.4) is 0 Å². The molecule has 0 atom stereocenters. The molecule has 1 aromatic heterocycles. The van der Waals surface area contributed by atoms with E-state index in [1.807, 2.05) is 6.92 Å². The molecule has 0 saturated heterocycles. The van der Waals surface area contributed by atoms with Gasteiger partial charge in [0.1, 0.15) is 5.69 Å². The van der Waals surface area contributed by atoms with Gasteiger partial charge in [0.05, 0.1) is 12.6 Å². The van der Waals surface area contributed by atoms with Gasteiger partial charge in [-0.3, -0.25) is 0 Å². The van der Waals surface area contributed by atoms with Crippen LogP contribution in [0.1, 0.15) is 22.5 Å². The van der Waals surface area contributed by atoms with Gasteiger partial charge in [-0.1, -0.05) is 17.7 Å². The molecule has 0 fully saturated rings. The molecule has 17 heavy (non-hydrogen) atoms. The molecule has 0 aliphatic carbocycles. The van der Waals surface area contributed by atoms with Gasteiger partial charge in [-0.15, -0.1) is 0 Å². The summed E-state index contributed by atoms with van der Waals surface area (Å²) in [5.74, 6) is 1.05. The number of hydrogen-bond acceptors (Lipinski definition) is 1. The maximum atomic E-state index is 4.67. The van der Waals surface area contributed by atoms with Gasteiger partial charge < -0.3 is 0 Å². The fourth-order valence-electron chi connectivity index (χ4n) is 2.06. The highest BCUT2D eigenvalue weighted by atomic mass is 15.0. The zero-order chi connectivity index (χ0) is 12.6. The summed E-state index contributed by atoms with van der Waals surface area (Å²) >= 11 is 0. The molecule has 2 rings (SSSR count). The minimum absolute atomic E-state index is 1.05. The van der Waals surface area contributed by atoms with Crippen molar-refractivity contribution in [1.82, 2.24) is 4.98 Å². The average molecular weight is 227 g/mol. The SMILES string of the molecule is Cc1ccc(C)c(-c2nc(C)cc(C)[n+]2C)c1. The quantitative estimate of drug-likeness (QED) is 0.685. The third-order valence-electron chi connectivity index (χ3n) is 3.18. The molecule has 0 saturated carbocycles. The number of aromatic nitrogens is 2. The lowest BCUT2D eigenvalue weighted by Crippen LogP contribution is -2.36. The van der Waals surface area contributed by atoms with E-state index in [0.29, 0.717) is 0 Å². The van der Waals surface area contributed by atoms with E-state index in [1.54, 1.807) is 0 Å². The van der Waals surface area contributed by atoms with Crippen molar-refractivity contribution in [3.8, 4) is 11.4 Å². The van der Waals surface area contributed by atoms with Gasteiger partial charge in [0.15, 0.2) is 5.69 Å². The Labute approximate surface area is 103 Å². The Morgan fingerprint density at radius 2 is 1.71 bits per heavy atom. The molecule has 0 aliphatic heterocycles. The van der Waals surface area contributed by atoms with Gasteiger partial charge in [-0.25, -0.2) is 4.57 Å². The Kier molecular flexibility index (Phi) is 2.97. The maximum Gasteiger partial charge on any atom is 0.330 e. The highest BCUT2D eigenvalue weighted by Crippen LogP contribution is 2.20. The Morgan fingerprint density at radius 1 is 1.00 bits per heavy atom. The molecule has 88 valence electrons. The van der Waals surface area contributed by atoms with E-state index in [9.17, 15) is 0 Å². The number of benzene rings is 1. The predicted octanol–water partition coefficient (Wildman–Crippen LogP) is 2.81. The third-order valence-corrected chi connectivity index (χ3v) is 3.18. The highest BCUT2D eigenvalue weighted by molar-refractivity contribution is 5.58. The van der Waals surface area contributed by atoms with Crippen LogP contribution in [0.2, 0.25) is 0 Å². The Hall–Kier alpha value is -1.70. The van der Waals surface area contributed by atoms with E-state index in [0.717, 1.165) is 11.5 Å². The summed E-state index contributed by atoms with van der Waals surface area (Å²) in [5.41, 5.74) is 6.06. The molecule has 1 aromatic carbocycles. The third kappa shape index (κ3) is 2.21. The van der Waals surface area contributed by atoms with Crippen LogP contribution in [0.5, 0.6) is 0 Å². The van der Waals surface area contributed by atoms with Crippen molar-refractivity contribution in [2.45, 2.75) is 27.7 Å². The first kappa shape index (κ1) is 11.8. The van der Waals surface area contributed by atoms with E-state index >= 15 is 0 Å². The predicted molar refractivity (Wildman–Crippen MR) is 69.8 cm³/mol. The summed E-state index contributed by atoms with van der Waals surface area (Å²) < 4.78 is 2.15. The lowest BCUT2D eigenvalue weighted by atomic mass is 10.0. The fraction of sp³-hybridized carbons (Fsp3) is 0.333. The Balaban J connectivity index is 2.72. The molecule has 0 N–H and O–H groups in total. The first-order valence-corrected chi connectivity index (χ1v) is 5.91. The fourth-order valence-corrected chi connectivity index (χ4v) is 2.06. The van der Waals surface area contributed by atoms with Crippen molar-refractivity contribution < 1.29 is 4.57 Å². The molecular formula is C15H19N2+. The molecule has 0 unspecified atom stereocenters.